The molecule has 2 fully saturated rings. The lowest BCUT2D eigenvalue weighted by Crippen LogP contribution is -2.44. The maximum Gasteiger partial charge on any atom is 0.317 e. The molecule has 1 aromatic rings. The van der Waals surface area contributed by atoms with Crippen molar-refractivity contribution in [3.8, 4) is 0 Å². The average molecular weight is 394 g/mol. The van der Waals surface area contributed by atoms with Gasteiger partial charge < -0.3 is 15.3 Å². The molecule has 1 aliphatic carbocycles. The number of carbonyl (C=O) groups excluding carboxylic acids is 1. The van der Waals surface area contributed by atoms with Gasteiger partial charge in [-0.15, -0.1) is 0 Å². The van der Waals surface area contributed by atoms with E-state index in [0.717, 1.165) is 43.7 Å². The van der Waals surface area contributed by atoms with Crippen LogP contribution in [-0.4, -0.2) is 66.2 Å². The third-order valence-electron chi connectivity index (χ3n) is 5.88. The minimum Gasteiger partial charge on any atom is -0.480 e. The number of halogens is 1. The normalized spacial score (nSPS) is 21.6. The summed E-state index contributed by atoms with van der Waals surface area (Å²) < 4.78 is 0. The number of nitrogens with zero attached hydrogens (tertiary/aromatic N) is 2. The molecule has 1 saturated heterocycles. The molecule has 2 amide bonds. The minimum atomic E-state index is -0.812. The van der Waals surface area contributed by atoms with Crippen LogP contribution in [0.3, 0.4) is 0 Å². The van der Waals surface area contributed by atoms with Crippen molar-refractivity contribution in [1.29, 1.82) is 0 Å². The summed E-state index contributed by atoms with van der Waals surface area (Å²) in [6, 6.07) is 8.11. The first-order valence-corrected chi connectivity index (χ1v) is 9.98. The largest absolute Gasteiger partial charge is 0.480 e. The van der Waals surface area contributed by atoms with Gasteiger partial charge in [0.2, 0.25) is 0 Å². The van der Waals surface area contributed by atoms with Crippen LogP contribution < -0.4 is 5.32 Å². The van der Waals surface area contributed by atoms with Gasteiger partial charge in [0.25, 0.3) is 0 Å². The topological polar surface area (TPSA) is 72.9 Å². The Balaban J connectivity index is 1.50. The van der Waals surface area contributed by atoms with Crippen molar-refractivity contribution in [1.82, 2.24) is 15.1 Å². The monoisotopic (exact) mass is 393 g/mol. The first-order valence-electron chi connectivity index (χ1n) is 9.60. The second-order valence-corrected chi connectivity index (χ2v) is 8.26. The number of carboxylic acids is 1. The van der Waals surface area contributed by atoms with Gasteiger partial charge in [-0.3, -0.25) is 9.69 Å². The van der Waals surface area contributed by atoms with Crippen molar-refractivity contribution in [2.45, 2.75) is 43.6 Å². The summed E-state index contributed by atoms with van der Waals surface area (Å²) in [7, 11) is 1.84. The minimum absolute atomic E-state index is 0.0169. The highest BCUT2D eigenvalue weighted by Crippen LogP contribution is 2.47. The molecule has 0 bridgehead atoms. The smallest absolute Gasteiger partial charge is 0.317 e. The highest BCUT2D eigenvalue weighted by atomic mass is 35.5. The van der Waals surface area contributed by atoms with Crippen LogP contribution in [0.15, 0.2) is 24.3 Å². The summed E-state index contributed by atoms with van der Waals surface area (Å²) in [5, 5.41) is 12.8. The molecular weight excluding hydrogens is 366 g/mol. The fraction of sp³-hybridized carbons (Fsp3) is 0.600. The van der Waals surface area contributed by atoms with Crippen LogP contribution in [0.25, 0.3) is 0 Å². The van der Waals surface area contributed by atoms with Gasteiger partial charge in [0.1, 0.15) is 0 Å². The molecule has 2 aliphatic rings. The van der Waals surface area contributed by atoms with E-state index in [1.165, 1.54) is 5.56 Å². The second-order valence-electron chi connectivity index (χ2n) is 7.83. The van der Waals surface area contributed by atoms with Crippen LogP contribution in [0.2, 0.25) is 5.02 Å². The second kappa shape index (κ2) is 8.48. The van der Waals surface area contributed by atoms with Crippen molar-refractivity contribution in [2.75, 3.05) is 33.2 Å². The lowest BCUT2D eigenvalue weighted by Gasteiger charge is -2.26. The lowest BCUT2D eigenvalue weighted by atomic mass is 9.96. The molecule has 1 atom stereocenters. The zero-order valence-corrected chi connectivity index (χ0v) is 16.5. The van der Waals surface area contributed by atoms with Crippen LogP contribution in [0.5, 0.6) is 0 Å². The predicted octanol–water partition coefficient (Wildman–Crippen LogP) is 2.95. The summed E-state index contributed by atoms with van der Waals surface area (Å²) in [5.41, 5.74) is 1.29. The Morgan fingerprint density at radius 2 is 1.96 bits per heavy atom. The quantitative estimate of drug-likeness (QED) is 0.779. The van der Waals surface area contributed by atoms with Crippen LogP contribution in [0.4, 0.5) is 4.79 Å². The molecule has 1 aliphatic heterocycles. The molecular formula is C20H28ClN3O3. The van der Waals surface area contributed by atoms with E-state index in [0.29, 0.717) is 13.1 Å². The average Bonchev–Trinajstić information content (AvgIpc) is 3.44. The first-order chi connectivity index (χ1) is 12.9. The zero-order valence-electron chi connectivity index (χ0n) is 15.8. The Labute approximate surface area is 165 Å². The number of likely N-dealkylation sites (tertiary alicyclic amines) is 1. The van der Waals surface area contributed by atoms with Gasteiger partial charge in [-0.2, -0.15) is 0 Å². The first kappa shape index (κ1) is 20.0. The maximum absolute atomic E-state index is 12.7. The van der Waals surface area contributed by atoms with Gasteiger partial charge in [0.15, 0.2) is 0 Å². The number of hydrogen-bond acceptors (Lipinski definition) is 3. The van der Waals surface area contributed by atoms with Crippen molar-refractivity contribution in [3.63, 3.8) is 0 Å². The number of amides is 2. The highest BCUT2D eigenvalue weighted by molar-refractivity contribution is 6.30. The Kier molecular flexibility index (Phi) is 6.27. The fourth-order valence-electron chi connectivity index (χ4n) is 3.94. The summed E-state index contributed by atoms with van der Waals surface area (Å²) in [6.45, 7) is 2.07. The number of hydrogen-bond donors (Lipinski definition) is 2. The number of rotatable bonds is 6. The molecule has 3 rings (SSSR count). The number of likely N-dealkylation sites (N-methyl/N-ethyl adjacent to an activating group) is 1. The van der Waals surface area contributed by atoms with E-state index in [1.54, 1.807) is 0 Å². The molecule has 1 unspecified atom stereocenters. The third-order valence-corrected chi connectivity index (χ3v) is 6.13. The summed E-state index contributed by atoms with van der Waals surface area (Å²) in [5.74, 6) is -0.812. The standard InChI is InChI=1S/C20H28ClN3O3/c1-23(13-18(25)26)17-3-2-11-24(12-8-17)19(27)22-14-20(9-10-20)15-4-6-16(21)7-5-15/h4-7,17H,2-3,8-14H2,1H3,(H,22,27)(H,25,26). The summed E-state index contributed by atoms with van der Waals surface area (Å²) >= 11 is 5.98. The van der Waals surface area contributed by atoms with Gasteiger partial charge >= 0.3 is 12.0 Å². The lowest BCUT2D eigenvalue weighted by molar-refractivity contribution is -0.138. The SMILES string of the molecule is CN(CC(=O)O)C1CCCN(C(=O)NCC2(c3ccc(Cl)cc3)CC2)CC1. The Morgan fingerprint density at radius 1 is 1.26 bits per heavy atom. The molecule has 0 spiro atoms. The number of benzene rings is 1. The van der Waals surface area contributed by atoms with Crippen molar-refractivity contribution in [2.24, 2.45) is 0 Å². The zero-order chi connectivity index (χ0) is 19.4. The van der Waals surface area contributed by atoms with Gasteiger partial charge in [0, 0.05) is 36.1 Å². The molecule has 27 heavy (non-hydrogen) atoms. The Morgan fingerprint density at radius 3 is 2.59 bits per heavy atom. The number of nitrogens with one attached hydrogen (secondary N) is 1. The Hall–Kier alpha value is -1.79. The molecule has 148 valence electrons. The fourth-order valence-corrected chi connectivity index (χ4v) is 4.07. The van der Waals surface area contributed by atoms with E-state index in [1.807, 2.05) is 29.0 Å². The summed E-state index contributed by atoms with van der Waals surface area (Å²) in [4.78, 5) is 27.3. The van der Waals surface area contributed by atoms with Crippen molar-refractivity contribution in [3.05, 3.63) is 34.9 Å². The van der Waals surface area contributed by atoms with Crippen molar-refractivity contribution < 1.29 is 14.7 Å². The third kappa shape index (κ3) is 5.14. The molecule has 1 aromatic carbocycles. The molecule has 0 aromatic heterocycles. The maximum atomic E-state index is 12.7. The van der Waals surface area contributed by atoms with E-state index in [2.05, 4.69) is 17.4 Å². The molecule has 7 heteroatoms. The van der Waals surface area contributed by atoms with Gasteiger partial charge in [0.05, 0.1) is 6.54 Å². The highest BCUT2D eigenvalue weighted by Gasteiger charge is 2.44. The number of carboxylic acid groups (broad SMARTS) is 1. The molecule has 2 N–H and O–H groups in total. The van der Waals surface area contributed by atoms with Crippen LogP contribution in [0.1, 0.15) is 37.7 Å². The summed E-state index contributed by atoms with van der Waals surface area (Å²) in [6.07, 6.45) is 4.78. The number of carbonyl (C=O) groups is 2. The van der Waals surface area contributed by atoms with Crippen molar-refractivity contribution >= 4 is 23.6 Å². The number of urea groups is 1. The number of aliphatic carboxylic acids is 1. The van der Waals surface area contributed by atoms with E-state index in [9.17, 15) is 9.59 Å². The van der Waals surface area contributed by atoms with Gasteiger partial charge in [-0.05, 0) is 56.8 Å². The van der Waals surface area contributed by atoms with E-state index in [4.69, 9.17) is 16.7 Å². The van der Waals surface area contributed by atoms with E-state index >= 15 is 0 Å². The molecule has 0 radical (unpaired) electrons. The van der Waals surface area contributed by atoms with Crippen LogP contribution in [0, 0.1) is 0 Å². The predicted molar refractivity (Wildman–Crippen MR) is 105 cm³/mol. The molecule has 1 saturated carbocycles. The van der Waals surface area contributed by atoms with Gasteiger partial charge in [-0.1, -0.05) is 23.7 Å². The van der Waals surface area contributed by atoms with E-state index < -0.39 is 5.97 Å². The Bertz CT molecular complexity index is 676. The van der Waals surface area contributed by atoms with Crippen LogP contribution >= 0.6 is 11.6 Å². The van der Waals surface area contributed by atoms with Crippen LogP contribution in [-0.2, 0) is 10.2 Å². The molecule has 1 heterocycles. The molecule has 6 nitrogen and oxygen atoms in total. The van der Waals surface area contributed by atoms with Gasteiger partial charge in [-0.25, -0.2) is 4.79 Å². The van der Waals surface area contributed by atoms with E-state index in [-0.39, 0.29) is 24.0 Å².